The highest BCUT2D eigenvalue weighted by Crippen LogP contribution is 2.08. The van der Waals surface area contributed by atoms with Gasteiger partial charge in [0.15, 0.2) is 0 Å². The highest BCUT2D eigenvalue weighted by atomic mass is 32.2. The van der Waals surface area contributed by atoms with Crippen LogP contribution in [0.15, 0.2) is 29.2 Å². The molecule has 0 heterocycles. The average Bonchev–Trinajstić information content (AvgIpc) is 2.17. The molecule has 0 radical (unpaired) electrons. The van der Waals surface area contributed by atoms with Gasteiger partial charge in [-0.3, -0.25) is 14.7 Å². The predicted octanol–water partition coefficient (Wildman–Crippen LogP) is 0.464. The molecule has 0 atom stereocenters. The minimum atomic E-state index is -4.02. The molecule has 3 N–H and O–H groups in total. The van der Waals surface area contributed by atoms with Crippen LogP contribution in [0.5, 0.6) is 0 Å². The van der Waals surface area contributed by atoms with Gasteiger partial charge in [0.2, 0.25) is 6.54 Å². The van der Waals surface area contributed by atoms with Gasteiger partial charge in [0.05, 0.1) is 11.4 Å². The van der Waals surface area contributed by atoms with Crippen LogP contribution < -0.4 is 5.73 Å². The fraction of sp³-hybridized carbons (Fsp3) is 0.333. The molecule has 0 aromatic heterocycles. The Morgan fingerprint density at radius 3 is 2.06 bits per heavy atom. The fourth-order valence-corrected chi connectivity index (χ4v) is 1.30. The first-order valence-electron chi connectivity index (χ1n) is 4.63. The highest BCUT2D eigenvalue weighted by Gasteiger charge is 2.06. The number of rotatable bonds is 3. The van der Waals surface area contributed by atoms with Crippen molar-refractivity contribution in [2.24, 2.45) is 5.73 Å². The molecule has 96 valence electrons. The summed E-state index contributed by atoms with van der Waals surface area (Å²) in [6.07, 6.45) is 0. The Balaban J connectivity index is 0.000000366. The van der Waals surface area contributed by atoms with Crippen molar-refractivity contribution in [2.75, 3.05) is 13.1 Å². The Hall–Kier alpha value is -1.51. The molecule has 1 aromatic carbocycles. The van der Waals surface area contributed by atoms with Gasteiger partial charge in [-0.15, -0.1) is 0 Å². The van der Waals surface area contributed by atoms with Crippen LogP contribution in [-0.4, -0.2) is 31.0 Å². The average molecular weight is 262 g/mol. The van der Waals surface area contributed by atoms with Gasteiger partial charge in [-0.2, -0.15) is 8.42 Å². The Morgan fingerprint density at radius 1 is 1.35 bits per heavy atom. The lowest BCUT2D eigenvalue weighted by molar-refractivity contribution is -0.477. The number of hydrogen-bond acceptors (Lipinski definition) is 5. The van der Waals surface area contributed by atoms with E-state index >= 15 is 0 Å². The van der Waals surface area contributed by atoms with Crippen LogP contribution in [0.1, 0.15) is 5.56 Å². The smallest absolute Gasteiger partial charge is 0.294 e. The van der Waals surface area contributed by atoms with Gasteiger partial charge in [-0.25, -0.2) is 0 Å². The van der Waals surface area contributed by atoms with Gasteiger partial charge in [-0.05, 0) is 19.1 Å². The van der Waals surface area contributed by atoms with Crippen molar-refractivity contribution in [1.82, 2.24) is 0 Å². The zero-order valence-corrected chi connectivity index (χ0v) is 10.1. The van der Waals surface area contributed by atoms with Gasteiger partial charge < -0.3 is 5.73 Å². The van der Waals surface area contributed by atoms with Crippen LogP contribution in [0, 0.1) is 17.0 Å². The third-order valence-electron chi connectivity index (χ3n) is 1.63. The molecule has 0 saturated heterocycles. The van der Waals surface area contributed by atoms with E-state index in [-0.39, 0.29) is 18.0 Å². The number of nitrogens with zero attached hydrogens (tertiary/aromatic N) is 1. The number of nitro groups is 1. The minimum Gasteiger partial charge on any atom is -0.325 e. The van der Waals surface area contributed by atoms with Crippen molar-refractivity contribution in [1.29, 1.82) is 0 Å². The van der Waals surface area contributed by atoms with E-state index in [0.29, 0.717) is 0 Å². The molecule has 0 unspecified atom stereocenters. The number of benzene rings is 1. The monoisotopic (exact) mass is 262 g/mol. The van der Waals surface area contributed by atoms with E-state index in [9.17, 15) is 18.5 Å². The molecule has 0 fully saturated rings. The second kappa shape index (κ2) is 6.94. The van der Waals surface area contributed by atoms with E-state index in [1.54, 1.807) is 12.1 Å². The molecule has 0 saturated carbocycles. The maximum absolute atomic E-state index is 10.5. The zero-order valence-electron chi connectivity index (χ0n) is 9.24. The largest absolute Gasteiger partial charge is 0.325 e. The summed E-state index contributed by atoms with van der Waals surface area (Å²) in [4.78, 5) is 8.81. The molecule has 7 nitrogen and oxygen atoms in total. The third kappa shape index (κ3) is 7.39. The van der Waals surface area contributed by atoms with Crippen LogP contribution >= 0.6 is 0 Å². The topological polar surface area (TPSA) is 124 Å². The molecule has 1 aromatic rings. The summed E-state index contributed by atoms with van der Waals surface area (Å²) >= 11 is 0. The maximum atomic E-state index is 10.5. The molecule has 8 heteroatoms. The predicted molar refractivity (Wildman–Crippen MR) is 61.9 cm³/mol. The molecule has 0 aliphatic heterocycles. The lowest BCUT2D eigenvalue weighted by atomic mass is 10.2. The van der Waals surface area contributed by atoms with Gasteiger partial charge in [0, 0.05) is 4.92 Å². The summed E-state index contributed by atoms with van der Waals surface area (Å²) in [5.74, 6) is 0. The van der Waals surface area contributed by atoms with Crippen molar-refractivity contribution < 1.29 is 17.9 Å². The summed E-state index contributed by atoms with van der Waals surface area (Å²) in [6.45, 7) is 1.85. The van der Waals surface area contributed by atoms with Gasteiger partial charge in [0.1, 0.15) is 0 Å². The van der Waals surface area contributed by atoms with E-state index < -0.39 is 15.0 Å². The van der Waals surface area contributed by atoms with Crippen LogP contribution in [0.2, 0.25) is 0 Å². The fourth-order valence-electron chi connectivity index (χ4n) is 0.816. The maximum Gasteiger partial charge on any atom is 0.294 e. The first-order valence-corrected chi connectivity index (χ1v) is 6.07. The summed E-state index contributed by atoms with van der Waals surface area (Å²) in [5, 5.41) is 9.32. The van der Waals surface area contributed by atoms with Gasteiger partial charge >= 0.3 is 0 Å². The van der Waals surface area contributed by atoms with E-state index in [1.165, 1.54) is 12.1 Å². The quantitative estimate of drug-likeness (QED) is 0.463. The summed E-state index contributed by atoms with van der Waals surface area (Å²) in [6, 6.07) is 5.99. The molecule has 0 aliphatic rings. The molecule has 0 amide bonds. The van der Waals surface area contributed by atoms with E-state index in [1.807, 2.05) is 6.92 Å². The van der Waals surface area contributed by atoms with E-state index in [2.05, 4.69) is 0 Å². The zero-order chi connectivity index (χ0) is 13.5. The second-order valence-corrected chi connectivity index (χ2v) is 4.55. The van der Waals surface area contributed by atoms with Crippen LogP contribution in [0.3, 0.4) is 0 Å². The van der Waals surface area contributed by atoms with Gasteiger partial charge in [0.25, 0.3) is 10.1 Å². The van der Waals surface area contributed by atoms with Crippen LogP contribution in [-0.2, 0) is 10.1 Å². The molecular formula is C9H14N2O5S. The van der Waals surface area contributed by atoms with Crippen LogP contribution in [0.4, 0.5) is 0 Å². The Kier molecular flexibility index (Phi) is 6.33. The highest BCUT2D eigenvalue weighted by molar-refractivity contribution is 7.85. The summed E-state index contributed by atoms with van der Waals surface area (Å²) < 4.78 is 29.6. The Morgan fingerprint density at radius 2 is 1.82 bits per heavy atom. The number of nitrogens with two attached hydrogens (primary N) is 1. The lowest BCUT2D eigenvalue weighted by Crippen LogP contribution is -2.12. The van der Waals surface area contributed by atoms with Crippen molar-refractivity contribution in [3.63, 3.8) is 0 Å². The van der Waals surface area contributed by atoms with E-state index in [4.69, 9.17) is 10.3 Å². The Bertz CT molecular complexity index is 455. The second-order valence-electron chi connectivity index (χ2n) is 3.13. The lowest BCUT2D eigenvalue weighted by Gasteiger charge is -1.95. The third-order valence-corrected chi connectivity index (χ3v) is 2.50. The standard InChI is InChI=1S/C7H8O3S.C2H6N2O2/c1-6-2-4-7(5-3-6)11(8,9)10;3-1-2-4(5)6/h2-5H,1H3,(H,8,9,10);1-3H2. The van der Waals surface area contributed by atoms with Gasteiger partial charge in [-0.1, -0.05) is 17.7 Å². The SMILES string of the molecule is Cc1ccc(S(=O)(=O)O)cc1.NCC[N+](=O)[O-]. The van der Waals surface area contributed by atoms with E-state index in [0.717, 1.165) is 5.56 Å². The molecule has 0 bridgehead atoms. The molecular weight excluding hydrogens is 248 g/mol. The Labute approximate surface area is 99.2 Å². The van der Waals surface area contributed by atoms with Crippen molar-refractivity contribution in [3.8, 4) is 0 Å². The normalized spacial score (nSPS) is 10.3. The van der Waals surface area contributed by atoms with Crippen LogP contribution in [0.25, 0.3) is 0 Å². The molecule has 1 rings (SSSR count). The molecule has 0 spiro atoms. The molecule has 0 aliphatic carbocycles. The first kappa shape index (κ1) is 15.5. The summed E-state index contributed by atoms with van der Waals surface area (Å²) in [7, 11) is -4.02. The molecule has 17 heavy (non-hydrogen) atoms. The minimum absolute atomic E-state index is 0.0666. The van der Waals surface area contributed by atoms with Crippen molar-refractivity contribution in [2.45, 2.75) is 11.8 Å². The number of hydrogen-bond donors (Lipinski definition) is 2. The first-order chi connectivity index (χ1) is 7.77. The number of aryl methyl sites for hydroxylation is 1. The summed E-state index contributed by atoms with van der Waals surface area (Å²) in [5.41, 5.74) is 5.74. The van der Waals surface area contributed by atoms with Crippen molar-refractivity contribution in [3.05, 3.63) is 39.9 Å². The van der Waals surface area contributed by atoms with Crippen molar-refractivity contribution >= 4 is 10.1 Å².